The maximum atomic E-state index is 13.1. The molecule has 7 nitrogen and oxygen atoms in total. The predicted octanol–water partition coefficient (Wildman–Crippen LogP) is 7.50. The normalized spacial score (nSPS) is 12.2. The molecule has 13 heteroatoms. The predicted molar refractivity (Wildman–Crippen MR) is 137 cm³/mol. The Morgan fingerprint density at radius 1 is 0.846 bits per heavy atom. The zero-order chi connectivity index (χ0) is 28.2. The van der Waals surface area contributed by atoms with Gasteiger partial charge < -0.3 is 21.1 Å². The van der Waals surface area contributed by atoms with Crippen molar-refractivity contribution in [2.75, 3.05) is 16.0 Å². The number of aliphatic hydroxyl groups is 1. The Morgan fingerprint density at radius 3 is 2.13 bits per heavy atom. The second-order valence-electron chi connectivity index (χ2n) is 8.17. The lowest BCUT2D eigenvalue weighted by Gasteiger charge is -2.14. The highest BCUT2D eigenvalue weighted by molar-refractivity contribution is 6.30. The summed E-state index contributed by atoms with van der Waals surface area (Å²) < 4.78 is 65.0. The van der Waals surface area contributed by atoms with E-state index < -0.39 is 30.4 Å². The molecule has 0 saturated heterocycles. The molecule has 0 aliphatic carbocycles. The average molecular weight is 564 g/mol. The summed E-state index contributed by atoms with van der Waals surface area (Å²) >= 11 is 5.86. The minimum Gasteiger partial charge on any atom is -0.382 e. The van der Waals surface area contributed by atoms with Crippen molar-refractivity contribution in [3.8, 4) is 11.1 Å². The number of benzene rings is 3. The van der Waals surface area contributed by atoms with Crippen LogP contribution < -0.4 is 16.0 Å². The van der Waals surface area contributed by atoms with E-state index in [0.717, 1.165) is 12.3 Å². The molecule has 1 heterocycles. The number of hydrogen-bond acceptors (Lipinski definition) is 5. The van der Waals surface area contributed by atoms with Crippen LogP contribution in [0.1, 0.15) is 17.4 Å². The minimum absolute atomic E-state index is 0.00101. The fraction of sp³-hybridized carbons (Fsp3) is 0.115. The molecule has 3 aromatic carbocycles. The number of nitrogens with one attached hydrogen (secondary N) is 3. The first-order valence-corrected chi connectivity index (χ1v) is 11.6. The lowest BCUT2D eigenvalue weighted by molar-refractivity contribution is -0.141. The van der Waals surface area contributed by atoms with Gasteiger partial charge in [-0.05, 0) is 65.2 Å². The summed E-state index contributed by atoms with van der Waals surface area (Å²) in [4.78, 5) is 19.9. The summed E-state index contributed by atoms with van der Waals surface area (Å²) in [5.74, 6) is -0.339. The fourth-order valence-corrected chi connectivity index (χ4v) is 3.62. The third kappa shape index (κ3) is 7.39. The molecule has 39 heavy (non-hydrogen) atoms. The smallest absolute Gasteiger partial charge is 0.382 e. The van der Waals surface area contributed by atoms with Crippen LogP contribution in [0.5, 0.6) is 0 Å². The molecular formula is C26H19ClF5N5O2. The number of halogens is 6. The molecule has 0 bridgehead atoms. The molecular weight excluding hydrogens is 545 g/mol. The largest absolute Gasteiger partial charge is 0.433 e. The maximum absolute atomic E-state index is 13.1. The van der Waals surface area contributed by atoms with Gasteiger partial charge in [-0.3, -0.25) is 0 Å². The molecule has 0 saturated carbocycles. The van der Waals surface area contributed by atoms with Gasteiger partial charge in [0.15, 0.2) is 0 Å². The monoisotopic (exact) mass is 563 g/mol. The Balaban J connectivity index is 1.65. The van der Waals surface area contributed by atoms with Crippen LogP contribution in [0.2, 0.25) is 5.02 Å². The van der Waals surface area contributed by atoms with Crippen molar-refractivity contribution in [3.63, 3.8) is 0 Å². The second kappa shape index (κ2) is 11.6. The van der Waals surface area contributed by atoms with Crippen LogP contribution in [-0.4, -0.2) is 27.5 Å². The van der Waals surface area contributed by atoms with Crippen LogP contribution in [0.3, 0.4) is 0 Å². The summed E-state index contributed by atoms with van der Waals surface area (Å²) in [5.41, 5.74) is 0.750. The third-order valence-corrected chi connectivity index (χ3v) is 5.57. The number of carbonyl (C=O) groups excluding carboxylic acids is 1. The molecule has 1 atom stereocenters. The number of anilines is 4. The number of alkyl halides is 5. The van der Waals surface area contributed by atoms with E-state index in [1.54, 1.807) is 36.4 Å². The molecule has 4 N–H and O–H groups in total. The Labute approximate surface area is 223 Å². The molecule has 0 radical (unpaired) electrons. The zero-order valence-electron chi connectivity index (χ0n) is 19.7. The summed E-state index contributed by atoms with van der Waals surface area (Å²) in [6, 6.07) is 16.6. The first kappa shape index (κ1) is 27.7. The number of aromatic nitrogens is 2. The van der Waals surface area contributed by atoms with Crippen LogP contribution in [0.4, 0.5) is 49.8 Å². The number of carbonyl (C=O) groups is 1. The van der Waals surface area contributed by atoms with Gasteiger partial charge in [-0.15, -0.1) is 0 Å². The molecule has 0 aliphatic rings. The Bertz CT molecular complexity index is 1450. The van der Waals surface area contributed by atoms with E-state index in [2.05, 4.69) is 25.9 Å². The molecule has 0 fully saturated rings. The third-order valence-electron chi connectivity index (χ3n) is 5.32. The molecule has 2 amide bonds. The number of hydrogen-bond donors (Lipinski definition) is 4. The SMILES string of the molecule is O=C(Nc1ccc(Cl)cc1)Nc1cc(Nc2nccc(C(F)(F)F)n2)cc(-c2ccc([C@@H](O)C(F)F)cc2)c1. The van der Waals surface area contributed by atoms with Gasteiger partial charge in [0.25, 0.3) is 6.43 Å². The van der Waals surface area contributed by atoms with Gasteiger partial charge in [-0.25, -0.2) is 23.5 Å². The van der Waals surface area contributed by atoms with E-state index >= 15 is 0 Å². The fourth-order valence-electron chi connectivity index (χ4n) is 3.49. The first-order valence-electron chi connectivity index (χ1n) is 11.2. The number of nitrogens with zero attached hydrogens (tertiary/aromatic N) is 2. The van der Waals surface area contributed by atoms with Gasteiger partial charge in [0.2, 0.25) is 5.95 Å². The van der Waals surface area contributed by atoms with Crippen molar-refractivity contribution in [2.45, 2.75) is 18.7 Å². The van der Waals surface area contributed by atoms with Gasteiger partial charge in [-0.2, -0.15) is 13.2 Å². The van der Waals surface area contributed by atoms with Gasteiger partial charge in [0.1, 0.15) is 11.8 Å². The standard InChI is InChI=1S/C26H19ClF5N5O2/c27-17-5-7-18(8-6-17)35-25(39)36-20-12-16(14-1-3-15(4-2-14)22(38)23(28)29)11-19(13-20)34-24-33-10-9-21(37-24)26(30,31)32/h1-13,22-23,38H,(H,33,34,37)(H2,35,36,39)/t22-/m1/s1. The Morgan fingerprint density at radius 2 is 1.49 bits per heavy atom. The van der Waals surface area contributed by atoms with Crippen LogP contribution in [0.25, 0.3) is 11.1 Å². The van der Waals surface area contributed by atoms with Crippen molar-refractivity contribution in [1.29, 1.82) is 0 Å². The van der Waals surface area contributed by atoms with Crippen LogP contribution in [0.15, 0.2) is 79.0 Å². The summed E-state index contributed by atoms with van der Waals surface area (Å²) in [7, 11) is 0. The van der Waals surface area contributed by atoms with E-state index in [1.165, 1.54) is 30.3 Å². The van der Waals surface area contributed by atoms with Crippen molar-refractivity contribution in [3.05, 3.63) is 95.3 Å². The number of aliphatic hydroxyl groups excluding tert-OH is 1. The van der Waals surface area contributed by atoms with E-state index in [9.17, 15) is 31.9 Å². The minimum atomic E-state index is -4.68. The maximum Gasteiger partial charge on any atom is 0.433 e. The number of rotatable bonds is 7. The lowest BCUT2D eigenvalue weighted by Crippen LogP contribution is -2.19. The van der Waals surface area contributed by atoms with Crippen molar-refractivity contribution in [2.24, 2.45) is 0 Å². The van der Waals surface area contributed by atoms with E-state index in [4.69, 9.17) is 11.6 Å². The highest BCUT2D eigenvalue weighted by atomic mass is 35.5. The van der Waals surface area contributed by atoms with Gasteiger partial charge in [0.05, 0.1) is 0 Å². The van der Waals surface area contributed by atoms with Crippen LogP contribution in [-0.2, 0) is 6.18 Å². The van der Waals surface area contributed by atoms with E-state index in [-0.39, 0.29) is 22.9 Å². The lowest BCUT2D eigenvalue weighted by atomic mass is 10.0. The summed E-state index contributed by atoms with van der Waals surface area (Å²) in [5, 5.41) is 18.0. The van der Waals surface area contributed by atoms with Crippen LogP contribution >= 0.6 is 11.6 Å². The molecule has 4 rings (SSSR count). The van der Waals surface area contributed by atoms with Gasteiger partial charge >= 0.3 is 12.2 Å². The molecule has 0 spiro atoms. The highest BCUT2D eigenvalue weighted by Crippen LogP contribution is 2.32. The molecule has 4 aromatic rings. The average Bonchev–Trinajstić information content (AvgIpc) is 2.89. The highest BCUT2D eigenvalue weighted by Gasteiger charge is 2.32. The number of amides is 2. The zero-order valence-corrected chi connectivity index (χ0v) is 20.4. The Kier molecular flexibility index (Phi) is 8.27. The molecule has 1 aromatic heterocycles. The number of urea groups is 1. The van der Waals surface area contributed by atoms with Gasteiger partial charge in [-0.1, -0.05) is 35.9 Å². The van der Waals surface area contributed by atoms with Crippen molar-refractivity contribution < 1.29 is 31.9 Å². The van der Waals surface area contributed by atoms with Crippen LogP contribution in [0, 0.1) is 0 Å². The molecule has 0 unspecified atom stereocenters. The van der Waals surface area contributed by atoms with Crippen molar-refractivity contribution >= 4 is 40.6 Å². The summed E-state index contributed by atoms with van der Waals surface area (Å²) in [6.07, 6.45) is -8.66. The topological polar surface area (TPSA) is 99.2 Å². The quantitative estimate of drug-likeness (QED) is 0.174. The molecule has 202 valence electrons. The van der Waals surface area contributed by atoms with Gasteiger partial charge in [0, 0.05) is 28.3 Å². The first-order chi connectivity index (χ1) is 18.5. The van der Waals surface area contributed by atoms with E-state index in [0.29, 0.717) is 21.8 Å². The Hall–Kier alpha value is -4.29. The van der Waals surface area contributed by atoms with Crippen molar-refractivity contribution in [1.82, 2.24) is 9.97 Å². The summed E-state index contributed by atoms with van der Waals surface area (Å²) in [6.45, 7) is 0. The molecule has 0 aliphatic heterocycles. The second-order valence-corrected chi connectivity index (χ2v) is 8.61. The van der Waals surface area contributed by atoms with E-state index in [1.807, 2.05) is 0 Å².